The molecule has 1 aliphatic rings. The molecule has 1 aromatic heterocycles. The Labute approximate surface area is 150 Å². The Morgan fingerprint density at radius 2 is 2.00 bits per heavy atom. The highest BCUT2D eigenvalue weighted by molar-refractivity contribution is 7.14. The third-order valence-corrected chi connectivity index (χ3v) is 5.43. The van der Waals surface area contributed by atoms with Crippen molar-refractivity contribution in [2.75, 3.05) is 5.32 Å². The van der Waals surface area contributed by atoms with Crippen LogP contribution < -0.4 is 10.6 Å². The van der Waals surface area contributed by atoms with Crippen LogP contribution in [0.2, 0.25) is 5.02 Å². The number of hydrogen-bond acceptors (Lipinski definition) is 3. The van der Waals surface area contributed by atoms with Gasteiger partial charge < -0.3 is 10.6 Å². The van der Waals surface area contributed by atoms with Crippen LogP contribution in [0, 0.1) is 6.92 Å². The van der Waals surface area contributed by atoms with Gasteiger partial charge in [0.1, 0.15) is 0 Å². The van der Waals surface area contributed by atoms with Gasteiger partial charge in [-0.1, -0.05) is 18.5 Å². The Balaban J connectivity index is 1.76. The molecule has 0 atom stereocenters. The van der Waals surface area contributed by atoms with Gasteiger partial charge in [-0.2, -0.15) is 0 Å². The average molecular weight is 363 g/mol. The first-order valence-corrected chi connectivity index (χ1v) is 9.18. The Morgan fingerprint density at radius 1 is 1.25 bits per heavy atom. The molecular weight excluding hydrogens is 344 g/mol. The summed E-state index contributed by atoms with van der Waals surface area (Å²) >= 11 is 7.60. The summed E-state index contributed by atoms with van der Waals surface area (Å²) in [4.78, 5) is 26.4. The highest BCUT2D eigenvalue weighted by atomic mass is 35.5. The number of carbonyl (C=O) groups is 2. The number of aryl methyl sites for hydroxylation is 2. The number of rotatable bonds is 5. The molecule has 2 amide bonds. The van der Waals surface area contributed by atoms with E-state index in [2.05, 4.69) is 17.6 Å². The van der Waals surface area contributed by atoms with E-state index in [1.807, 2.05) is 13.0 Å². The van der Waals surface area contributed by atoms with E-state index in [1.54, 1.807) is 18.2 Å². The van der Waals surface area contributed by atoms with Crippen molar-refractivity contribution in [2.45, 2.75) is 39.2 Å². The summed E-state index contributed by atoms with van der Waals surface area (Å²) in [5.74, 6) is -0.363. The Kier molecular flexibility index (Phi) is 4.92. The number of halogens is 1. The van der Waals surface area contributed by atoms with Crippen LogP contribution >= 0.6 is 22.9 Å². The zero-order valence-electron chi connectivity index (χ0n) is 13.6. The van der Waals surface area contributed by atoms with E-state index in [4.69, 9.17) is 11.6 Å². The molecule has 0 bridgehead atoms. The molecule has 1 aliphatic carbocycles. The zero-order valence-corrected chi connectivity index (χ0v) is 15.2. The van der Waals surface area contributed by atoms with E-state index in [1.165, 1.54) is 16.9 Å². The summed E-state index contributed by atoms with van der Waals surface area (Å²) in [6.45, 7) is 4.09. The standard InChI is InChI=1S/C18H19ClN2O2S/c1-3-11-8-16(24-10(11)2)18(23)21-13-6-7-15(19)14(9-13)17(22)20-12-4-5-12/h6-9,12H,3-5H2,1-2H3,(H,20,22)(H,21,23). The third-order valence-electron chi connectivity index (χ3n) is 4.01. The molecule has 1 saturated carbocycles. The number of thiophene rings is 1. The van der Waals surface area contributed by atoms with Gasteiger partial charge in [-0.3, -0.25) is 9.59 Å². The number of carbonyl (C=O) groups excluding carboxylic acids is 2. The molecular formula is C18H19ClN2O2S. The molecule has 24 heavy (non-hydrogen) atoms. The Hall–Kier alpha value is -1.85. The summed E-state index contributed by atoms with van der Waals surface area (Å²) in [5, 5.41) is 6.14. The lowest BCUT2D eigenvalue weighted by Crippen LogP contribution is -2.25. The minimum absolute atomic E-state index is 0.168. The molecule has 3 rings (SSSR count). The van der Waals surface area contributed by atoms with Gasteiger partial charge in [0, 0.05) is 16.6 Å². The molecule has 0 aliphatic heterocycles. The molecule has 1 aromatic carbocycles. The number of anilines is 1. The van der Waals surface area contributed by atoms with Crippen LogP contribution in [0.4, 0.5) is 5.69 Å². The lowest BCUT2D eigenvalue weighted by Gasteiger charge is -2.09. The molecule has 1 heterocycles. The number of benzene rings is 1. The van der Waals surface area contributed by atoms with E-state index in [9.17, 15) is 9.59 Å². The molecule has 0 unspecified atom stereocenters. The highest BCUT2D eigenvalue weighted by Gasteiger charge is 2.25. The quantitative estimate of drug-likeness (QED) is 0.827. The maximum absolute atomic E-state index is 12.4. The maximum Gasteiger partial charge on any atom is 0.265 e. The zero-order chi connectivity index (χ0) is 17.3. The first kappa shape index (κ1) is 17.0. The van der Waals surface area contributed by atoms with Crippen molar-refractivity contribution in [3.63, 3.8) is 0 Å². The lowest BCUT2D eigenvalue weighted by atomic mass is 10.1. The van der Waals surface area contributed by atoms with Crippen LogP contribution in [0.3, 0.4) is 0 Å². The topological polar surface area (TPSA) is 58.2 Å². The molecule has 126 valence electrons. The van der Waals surface area contributed by atoms with Crippen molar-refractivity contribution < 1.29 is 9.59 Å². The van der Waals surface area contributed by atoms with E-state index in [0.717, 1.165) is 24.1 Å². The van der Waals surface area contributed by atoms with Crippen molar-refractivity contribution in [1.82, 2.24) is 5.32 Å². The first-order chi connectivity index (χ1) is 11.5. The van der Waals surface area contributed by atoms with Crippen LogP contribution in [-0.4, -0.2) is 17.9 Å². The van der Waals surface area contributed by atoms with Crippen molar-refractivity contribution in [2.24, 2.45) is 0 Å². The van der Waals surface area contributed by atoms with Crippen molar-refractivity contribution >= 4 is 40.4 Å². The van der Waals surface area contributed by atoms with Gasteiger partial charge in [-0.25, -0.2) is 0 Å². The SMILES string of the molecule is CCc1cc(C(=O)Nc2ccc(Cl)c(C(=O)NC3CC3)c2)sc1C. The van der Waals surface area contributed by atoms with Crippen LogP contribution in [0.1, 0.15) is 50.2 Å². The van der Waals surface area contributed by atoms with Crippen LogP contribution in [0.5, 0.6) is 0 Å². The fraction of sp³-hybridized carbons (Fsp3) is 0.333. The average Bonchev–Trinajstić information content (AvgIpc) is 3.28. The predicted molar refractivity (Wildman–Crippen MR) is 98.3 cm³/mol. The van der Waals surface area contributed by atoms with E-state index in [-0.39, 0.29) is 17.9 Å². The van der Waals surface area contributed by atoms with Gasteiger partial charge >= 0.3 is 0 Å². The Morgan fingerprint density at radius 3 is 2.62 bits per heavy atom. The van der Waals surface area contributed by atoms with Crippen molar-refractivity contribution in [3.05, 3.63) is 50.2 Å². The van der Waals surface area contributed by atoms with Gasteiger partial charge in [0.15, 0.2) is 0 Å². The van der Waals surface area contributed by atoms with Gasteiger partial charge in [-0.05, 0) is 56.0 Å². The largest absolute Gasteiger partial charge is 0.349 e. The van der Waals surface area contributed by atoms with Gasteiger partial charge in [-0.15, -0.1) is 11.3 Å². The van der Waals surface area contributed by atoms with E-state index < -0.39 is 0 Å². The summed E-state index contributed by atoms with van der Waals surface area (Å²) in [7, 11) is 0. The summed E-state index contributed by atoms with van der Waals surface area (Å²) in [6.07, 6.45) is 2.93. The van der Waals surface area contributed by atoms with Crippen LogP contribution in [0.25, 0.3) is 0 Å². The Bertz CT molecular complexity index is 796. The van der Waals surface area contributed by atoms with E-state index >= 15 is 0 Å². The number of nitrogens with one attached hydrogen (secondary N) is 2. The lowest BCUT2D eigenvalue weighted by molar-refractivity contribution is 0.0950. The monoisotopic (exact) mass is 362 g/mol. The van der Waals surface area contributed by atoms with Crippen LogP contribution in [0.15, 0.2) is 24.3 Å². The molecule has 0 spiro atoms. The van der Waals surface area contributed by atoms with E-state index in [0.29, 0.717) is 21.2 Å². The number of amides is 2. The summed E-state index contributed by atoms with van der Waals surface area (Å²) in [5.41, 5.74) is 2.14. The molecule has 2 aromatic rings. The van der Waals surface area contributed by atoms with Gasteiger partial charge in [0.05, 0.1) is 15.5 Å². The smallest absolute Gasteiger partial charge is 0.265 e. The molecule has 4 nitrogen and oxygen atoms in total. The minimum atomic E-state index is -0.196. The van der Waals surface area contributed by atoms with Gasteiger partial charge in [0.2, 0.25) is 0 Å². The highest BCUT2D eigenvalue weighted by Crippen LogP contribution is 2.26. The van der Waals surface area contributed by atoms with Crippen LogP contribution in [-0.2, 0) is 6.42 Å². The number of hydrogen-bond donors (Lipinski definition) is 2. The predicted octanol–water partition coefficient (Wildman–Crippen LogP) is 4.42. The van der Waals surface area contributed by atoms with Crippen molar-refractivity contribution in [3.8, 4) is 0 Å². The first-order valence-electron chi connectivity index (χ1n) is 7.99. The second-order valence-electron chi connectivity index (χ2n) is 5.94. The summed E-state index contributed by atoms with van der Waals surface area (Å²) < 4.78 is 0. The fourth-order valence-electron chi connectivity index (χ4n) is 2.44. The molecule has 0 saturated heterocycles. The molecule has 0 radical (unpaired) electrons. The summed E-state index contributed by atoms with van der Waals surface area (Å²) in [6, 6.07) is 7.14. The fourth-order valence-corrected chi connectivity index (χ4v) is 3.66. The van der Waals surface area contributed by atoms with Gasteiger partial charge in [0.25, 0.3) is 11.8 Å². The molecule has 1 fully saturated rings. The molecule has 6 heteroatoms. The maximum atomic E-state index is 12.4. The normalized spacial score (nSPS) is 13.6. The second-order valence-corrected chi connectivity index (χ2v) is 7.61. The van der Waals surface area contributed by atoms with Crippen molar-refractivity contribution in [1.29, 1.82) is 0 Å². The third kappa shape index (κ3) is 3.79. The molecule has 2 N–H and O–H groups in total. The second kappa shape index (κ2) is 6.95. The minimum Gasteiger partial charge on any atom is -0.349 e.